The van der Waals surface area contributed by atoms with E-state index in [2.05, 4.69) is 10.0 Å². The minimum atomic E-state index is -3.71. The van der Waals surface area contributed by atoms with Crippen molar-refractivity contribution in [2.45, 2.75) is 31.2 Å². The first kappa shape index (κ1) is 19.6. The molecule has 0 spiro atoms. The van der Waals surface area contributed by atoms with Crippen molar-refractivity contribution in [1.82, 2.24) is 5.32 Å². The second-order valence-electron chi connectivity index (χ2n) is 5.85. The molecule has 3 rings (SSSR count). The van der Waals surface area contributed by atoms with Crippen molar-refractivity contribution in [3.63, 3.8) is 0 Å². The minimum absolute atomic E-state index is 0. The first-order chi connectivity index (χ1) is 11.5. The maximum atomic E-state index is 12.8. The van der Waals surface area contributed by atoms with Gasteiger partial charge in [0.1, 0.15) is 10.6 Å². The summed E-state index contributed by atoms with van der Waals surface area (Å²) in [6.45, 7) is 3.73. The van der Waals surface area contributed by atoms with Gasteiger partial charge in [0.15, 0.2) is 0 Å². The van der Waals surface area contributed by atoms with Crippen LogP contribution in [-0.2, 0) is 29.4 Å². The number of benzene rings is 2. The molecule has 1 aliphatic heterocycles. The second kappa shape index (κ2) is 8.08. The molecule has 2 aromatic rings. The zero-order valence-electron chi connectivity index (χ0n) is 14.3. The lowest BCUT2D eigenvalue weighted by molar-refractivity contribution is 0.402. The van der Waals surface area contributed by atoms with E-state index in [-0.39, 0.29) is 17.3 Å². The van der Waals surface area contributed by atoms with Gasteiger partial charge in [-0.15, -0.1) is 12.4 Å². The number of ether oxygens (including phenoxy) is 1. The maximum absolute atomic E-state index is 12.8. The van der Waals surface area contributed by atoms with Gasteiger partial charge in [-0.25, -0.2) is 8.42 Å². The summed E-state index contributed by atoms with van der Waals surface area (Å²) < 4.78 is 33.5. The molecule has 0 atom stereocenters. The molecule has 0 radical (unpaired) electrons. The molecule has 0 aromatic heterocycles. The highest BCUT2D eigenvalue weighted by molar-refractivity contribution is 7.92. The van der Waals surface area contributed by atoms with Crippen LogP contribution in [0, 0.1) is 0 Å². The van der Waals surface area contributed by atoms with Crippen LogP contribution in [0.4, 0.5) is 5.69 Å². The van der Waals surface area contributed by atoms with Crippen molar-refractivity contribution in [3.05, 3.63) is 53.1 Å². The van der Waals surface area contributed by atoms with E-state index in [1.807, 2.05) is 25.1 Å². The van der Waals surface area contributed by atoms with Crippen LogP contribution in [0.2, 0.25) is 0 Å². The van der Waals surface area contributed by atoms with Crippen LogP contribution >= 0.6 is 12.4 Å². The Balaban J connectivity index is 0.00000225. The van der Waals surface area contributed by atoms with E-state index in [1.165, 1.54) is 18.2 Å². The van der Waals surface area contributed by atoms with Crippen LogP contribution < -0.4 is 14.8 Å². The zero-order valence-corrected chi connectivity index (χ0v) is 16.0. The van der Waals surface area contributed by atoms with Gasteiger partial charge < -0.3 is 10.1 Å². The number of rotatable bonds is 5. The van der Waals surface area contributed by atoms with Gasteiger partial charge in [-0.05, 0) is 60.3 Å². The molecule has 0 bridgehead atoms. The van der Waals surface area contributed by atoms with Gasteiger partial charge in [0, 0.05) is 12.2 Å². The molecule has 2 aromatic carbocycles. The number of sulfonamides is 1. The summed E-state index contributed by atoms with van der Waals surface area (Å²) in [4.78, 5) is 0.170. The van der Waals surface area contributed by atoms with Crippen molar-refractivity contribution in [2.75, 3.05) is 18.4 Å². The molecule has 0 saturated carbocycles. The first-order valence-electron chi connectivity index (χ1n) is 8.05. The summed E-state index contributed by atoms with van der Waals surface area (Å²) in [6, 6.07) is 10.9. The van der Waals surface area contributed by atoms with Crippen molar-refractivity contribution in [2.24, 2.45) is 0 Å². The molecule has 0 aliphatic carbocycles. The normalized spacial score (nSPS) is 13.5. The summed E-state index contributed by atoms with van der Waals surface area (Å²) in [6.07, 6.45) is 1.66. The molecule has 1 heterocycles. The van der Waals surface area contributed by atoms with Gasteiger partial charge in [-0.3, -0.25) is 4.72 Å². The molecule has 0 fully saturated rings. The highest BCUT2D eigenvalue weighted by Crippen LogP contribution is 2.28. The van der Waals surface area contributed by atoms with E-state index in [0.29, 0.717) is 11.4 Å². The molecule has 0 unspecified atom stereocenters. The summed E-state index contributed by atoms with van der Waals surface area (Å²) in [7, 11) is -2.23. The number of anilines is 1. The van der Waals surface area contributed by atoms with Crippen LogP contribution in [0.15, 0.2) is 41.3 Å². The standard InChI is InChI=1S/C18H22N2O3S.ClH/c1-3-13-4-7-17(23-2)18(10-13)24(21,22)20-16-6-5-15-12-19-9-8-14(15)11-16;/h4-7,10-11,19-20H,3,8-9,12H2,1-2H3;1H. The Morgan fingerprint density at radius 2 is 1.96 bits per heavy atom. The van der Waals surface area contributed by atoms with Gasteiger partial charge in [0.05, 0.1) is 7.11 Å². The van der Waals surface area contributed by atoms with Gasteiger partial charge in [0.25, 0.3) is 10.0 Å². The highest BCUT2D eigenvalue weighted by Gasteiger charge is 2.21. The fraction of sp³-hybridized carbons (Fsp3) is 0.333. The number of methoxy groups -OCH3 is 1. The van der Waals surface area contributed by atoms with Crippen molar-refractivity contribution >= 4 is 28.1 Å². The zero-order chi connectivity index (χ0) is 17.2. The van der Waals surface area contributed by atoms with Gasteiger partial charge in [-0.2, -0.15) is 0 Å². The van der Waals surface area contributed by atoms with Crippen LogP contribution in [0.3, 0.4) is 0 Å². The largest absolute Gasteiger partial charge is 0.495 e. The third-order valence-corrected chi connectivity index (χ3v) is 5.67. The quantitative estimate of drug-likeness (QED) is 0.833. The Morgan fingerprint density at radius 3 is 2.68 bits per heavy atom. The third kappa shape index (κ3) is 4.26. The predicted molar refractivity (Wildman–Crippen MR) is 102 cm³/mol. The molecule has 0 saturated heterocycles. The lowest BCUT2D eigenvalue weighted by atomic mass is 10.0. The molecule has 7 heteroatoms. The van der Waals surface area contributed by atoms with Gasteiger partial charge >= 0.3 is 0 Å². The van der Waals surface area contributed by atoms with Crippen molar-refractivity contribution in [3.8, 4) is 5.75 Å². The Hall–Kier alpha value is -1.76. The van der Waals surface area contributed by atoms with Crippen molar-refractivity contribution in [1.29, 1.82) is 0 Å². The number of nitrogens with one attached hydrogen (secondary N) is 2. The number of fused-ring (bicyclic) bond motifs is 1. The molecule has 25 heavy (non-hydrogen) atoms. The third-order valence-electron chi connectivity index (χ3n) is 4.27. The Morgan fingerprint density at radius 1 is 1.16 bits per heavy atom. The number of aryl methyl sites for hydroxylation is 1. The van der Waals surface area contributed by atoms with E-state index in [4.69, 9.17) is 4.74 Å². The second-order valence-corrected chi connectivity index (χ2v) is 7.51. The number of halogens is 1. The van der Waals surface area contributed by atoms with Crippen molar-refractivity contribution < 1.29 is 13.2 Å². The average molecular weight is 383 g/mol. The summed E-state index contributed by atoms with van der Waals surface area (Å²) in [5.41, 5.74) is 3.94. The molecule has 5 nitrogen and oxygen atoms in total. The first-order valence-corrected chi connectivity index (χ1v) is 9.54. The number of hydrogen-bond acceptors (Lipinski definition) is 4. The van der Waals surface area contributed by atoms with E-state index >= 15 is 0 Å². The monoisotopic (exact) mass is 382 g/mol. The SMILES string of the molecule is CCc1ccc(OC)c(S(=O)(=O)Nc2ccc3c(c2)CCNC3)c1.Cl. The Bertz CT molecular complexity index is 853. The molecule has 136 valence electrons. The lowest BCUT2D eigenvalue weighted by Crippen LogP contribution is -2.23. The number of hydrogen-bond donors (Lipinski definition) is 2. The van der Waals surface area contributed by atoms with E-state index in [1.54, 1.807) is 18.2 Å². The molecule has 1 aliphatic rings. The lowest BCUT2D eigenvalue weighted by Gasteiger charge is -2.19. The average Bonchev–Trinajstić information content (AvgIpc) is 2.60. The smallest absolute Gasteiger partial charge is 0.265 e. The summed E-state index contributed by atoms with van der Waals surface area (Å²) in [5.74, 6) is 0.349. The fourth-order valence-electron chi connectivity index (χ4n) is 2.90. The van der Waals surface area contributed by atoms with Gasteiger partial charge in [0.2, 0.25) is 0 Å². The highest BCUT2D eigenvalue weighted by atomic mass is 35.5. The fourth-order valence-corrected chi connectivity index (χ4v) is 4.17. The van der Waals surface area contributed by atoms with Crippen LogP contribution in [0.1, 0.15) is 23.6 Å². The van der Waals surface area contributed by atoms with E-state index < -0.39 is 10.0 Å². The Labute approximate surface area is 155 Å². The van der Waals surface area contributed by atoms with Crippen LogP contribution in [0.25, 0.3) is 0 Å². The van der Waals surface area contributed by atoms with E-state index in [9.17, 15) is 8.42 Å². The van der Waals surface area contributed by atoms with Crippen LogP contribution in [-0.4, -0.2) is 22.1 Å². The summed E-state index contributed by atoms with van der Waals surface area (Å²) in [5, 5.41) is 3.31. The van der Waals surface area contributed by atoms with Gasteiger partial charge in [-0.1, -0.05) is 19.1 Å². The minimum Gasteiger partial charge on any atom is -0.495 e. The molecule has 0 amide bonds. The predicted octanol–water partition coefficient (Wildman–Crippen LogP) is 3.13. The van der Waals surface area contributed by atoms with E-state index in [0.717, 1.165) is 31.5 Å². The maximum Gasteiger partial charge on any atom is 0.265 e. The Kier molecular flexibility index (Phi) is 6.32. The molecular formula is C18H23ClN2O3S. The van der Waals surface area contributed by atoms with Crippen LogP contribution in [0.5, 0.6) is 5.75 Å². The topological polar surface area (TPSA) is 67.4 Å². The summed E-state index contributed by atoms with van der Waals surface area (Å²) >= 11 is 0. The molecular weight excluding hydrogens is 360 g/mol. The molecule has 2 N–H and O–H groups in total.